The molecule has 0 saturated carbocycles. The average Bonchev–Trinajstić information content (AvgIpc) is 1.56. The van der Waals surface area contributed by atoms with Gasteiger partial charge in [-0.25, -0.2) is 8.78 Å². The van der Waals surface area contributed by atoms with Crippen molar-refractivity contribution in [3.05, 3.63) is 545 Å². The van der Waals surface area contributed by atoms with Crippen molar-refractivity contribution in [2.24, 2.45) is 0 Å². The highest BCUT2D eigenvalue weighted by atomic mass is 19.1. The maximum atomic E-state index is 14.0. The molecular weight excluding hydrogens is 1800 g/mol. The van der Waals surface area contributed by atoms with Crippen LogP contribution in [0.1, 0.15) is 0 Å². The number of para-hydroxylation sites is 9. The van der Waals surface area contributed by atoms with Gasteiger partial charge in [-0.15, -0.1) is 0 Å². The number of hydrogen-bond donors (Lipinski definition) is 0. The quantitative estimate of drug-likeness (QED) is 0.116. The number of fused-ring (bicyclic) bond motifs is 27. The number of hydrogen-bond acceptors (Lipinski definition) is 0. The fraction of sp³-hybridized carbons (Fsp3) is 0. The maximum Gasteiger partial charge on any atom is 0.123 e. The summed E-state index contributed by atoms with van der Waals surface area (Å²) >= 11 is 0. The molecule has 0 fully saturated rings. The van der Waals surface area contributed by atoms with Crippen molar-refractivity contribution in [2.45, 2.75) is 0 Å². The van der Waals surface area contributed by atoms with E-state index in [4.69, 9.17) is 0 Å². The smallest absolute Gasteiger partial charge is 0.123 e. The number of rotatable bonds is 11. The van der Waals surface area contributed by atoms with Crippen LogP contribution in [-0.4, -0.2) is 27.4 Å². The van der Waals surface area contributed by atoms with Gasteiger partial charge in [-0.1, -0.05) is 322 Å². The Labute approximate surface area is 850 Å². The van der Waals surface area contributed by atoms with E-state index in [-0.39, 0.29) is 11.6 Å². The zero-order valence-corrected chi connectivity index (χ0v) is 80.2. The molecule has 6 heterocycles. The Balaban J connectivity index is 0.000000105. The minimum Gasteiger partial charge on any atom is -0.309 e. The minimum atomic E-state index is -0.280. The molecule has 0 unspecified atom stereocenters. The van der Waals surface area contributed by atoms with Crippen LogP contribution in [0.3, 0.4) is 0 Å². The summed E-state index contributed by atoms with van der Waals surface area (Å²) in [5, 5.41) is 27.7. The van der Waals surface area contributed by atoms with Gasteiger partial charge in [-0.2, -0.15) is 0 Å². The lowest BCUT2D eigenvalue weighted by Crippen LogP contribution is -1.96. The topological polar surface area (TPSA) is 29.6 Å². The molecule has 0 saturated heterocycles. The molecular formula is C140H88F2N6. The normalized spacial score (nSPS) is 11.9. The summed E-state index contributed by atoms with van der Waals surface area (Å²) in [4.78, 5) is 0. The van der Waals surface area contributed by atoms with Gasteiger partial charge in [-0.3, -0.25) is 0 Å². The molecule has 31 aromatic rings. The van der Waals surface area contributed by atoms with Crippen molar-refractivity contribution in [3.63, 3.8) is 0 Å². The predicted octanol–water partition coefficient (Wildman–Crippen LogP) is 38.0. The third-order valence-electron chi connectivity index (χ3n) is 30.6. The molecule has 0 bridgehead atoms. The summed E-state index contributed by atoms with van der Waals surface area (Å²) in [6.07, 6.45) is 0. The minimum absolute atomic E-state index is 0.280. The highest BCUT2D eigenvalue weighted by molar-refractivity contribution is 6.26. The molecule has 0 amide bonds. The molecule has 6 aromatic heterocycles. The Morgan fingerprint density at radius 1 is 0.101 bits per heavy atom. The van der Waals surface area contributed by atoms with Crippen LogP contribution in [0.4, 0.5) is 8.78 Å². The Bertz CT molecular complexity index is 10700. The summed E-state index contributed by atoms with van der Waals surface area (Å²) < 4.78 is 42.2. The lowest BCUT2D eigenvalue weighted by Gasteiger charge is -2.14. The van der Waals surface area contributed by atoms with Gasteiger partial charge in [0.2, 0.25) is 0 Å². The van der Waals surface area contributed by atoms with Gasteiger partial charge in [0.25, 0.3) is 0 Å². The molecule has 692 valence electrons. The van der Waals surface area contributed by atoms with Crippen LogP contribution in [0.5, 0.6) is 0 Å². The first kappa shape index (κ1) is 85.3. The van der Waals surface area contributed by atoms with Crippen molar-refractivity contribution < 1.29 is 8.78 Å². The predicted molar refractivity (Wildman–Crippen MR) is 620 cm³/mol. The first-order valence-electron chi connectivity index (χ1n) is 50.5. The first-order valence-corrected chi connectivity index (χ1v) is 50.5. The van der Waals surface area contributed by atoms with Crippen molar-refractivity contribution in [3.8, 4) is 89.8 Å². The standard InChI is InChI=1S/C48H30F2N2.C48H30N2.C44H28N2/c49-37-20-14-31(15-21-37)35-26-36(32-16-22-38(50)23-17-32)28-40(27-35)52-46-13-7-5-11-42(46)44-30-34(19-25-48(44)52)33-18-24-47-43(29-33)41-10-4-6-12-45(41)51(47)39-8-2-1-3-9-39;1-2-12-33(13-3-1)49-45-20-10-8-18-40(45)43-28-31(22-26-47(43)49)32-23-27-48-44(29-32)41-19-9-11-21-46(41)50(48)34-24-25-39-37-16-5-4-14-35(37)36-15-6-7-17-38(36)42(39)30-34;1-2-11-33(12-3-1)45-41-16-8-6-14-37(41)39-27-30(20-24-43(39)45)31-21-25-44-40(28-31)38-15-7-9-17-42(38)46(44)34-22-23-36-32(26-34)19-18-29-10-4-5-13-35(29)36/h1-30H;1-30H;1-28H. The van der Waals surface area contributed by atoms with Gasteiger partial charge in [0, 0.05) is 98.8 Å². The molecule has 0 atom stereocenters. The van der Waals surface area contributed by atoms with E-state index in [0.29, 0.717) is 0 Å². The zero-order valence-electron chi connectivity index (χ0n) is 80.2. The second-order valence-corrected chi connectivity index (χ2v) is 38.8. The lowest BCUT2D eigenvalue weighted by molar-refractivity contribution is 0.627. The number of halogens is 2. The number of nitrogens with zero attached hydrogens (tertiary/aromatic N) is 6. The average molecular weight is 1890 g/mol. The number of benzene rings is 25. The van der Waals surface area contributed by atoms with E-state index in [0.717, 1.165) is 66.6 Å². The molecule has 0 spiro atoms. The Kier molecular flexibility index (Phi) is 20.0. The molecule has 25 aromatic carbocycles. The van der Waals surface area contributed by atoms with Crippen LogP contribution in [0.2, 0.25) is 0 Å². The summed E-state index contributed by atoms with van der Waals surface area (Å²) in [5.41, 5.74) is 31.9. The van der Waals surface area contributed by atoms with Crippen molar-refractivity contribution in [1.82, 2.24) is 27.4 Å². The summed E-state index contributed by atoms with van der Waals surface area (Å²) in [6.45, 7) is 0. The van der Waals surface area contributed by atoms with E-state index in [1.54, 1.807) is 24.3 Å². The number of aromatic nitrogens is 6. The van der Waals surface area contributed by atoms with Gasteiger partial charge >= 0.3 is 0 Å². The monoisotopic (exact) mass is 1890 g/mol. The Morgan fingerprint density at radius 3 is 0.649 bits per heavy atom. The molecule has 31 rings (SSSR count). The van der Waals surface area contributed by atoms with E-state index in [2.05, 4.69) is 513 Å². The van der Waals surface area contributed by atoms with Crippen LogP contribution in [0, 0.1) is 11.6 Å². The van der Waals surface area contributed by atoms with Crippen molar-refractivity contribution in [1.29, 1.82) is 0 Å². The van der Waals surface area contributed by atoms with E-state index < -0.39 is 0 Å². The highest BCUT2D eigenvalue weighted by Crippen LogP contribution is 2.47. The molecule has 8 heteroatoms. The van der Waals surface area contributed by atoms with E-state index in [1.807, 2.05) is 0 Å². The second-order valence-electron chi connectivity index (χ2n) is 38.8. The summed E-state index contributed by atoms with van der Waals surface area (Å²) in [7, 11) is 0. The van der Waals surface area contributed by atoms with E-state index in [9.17, 15) is 8.78 Å². The largest absolute Gasteiger partial charge is 0.309 e. The fourth-order valence-electron chi connectivity index (χ4n) is 23.8. The van der Waals surface area contributed by atoms with E-state index in [1.165, 1.54) is 232 Å². The molecule has 148 heavy (non-hydrogen) atoms. The fourth-order valence-corrected chi connectivity index (χ4v) is 23.8. The van der Waals surface area contributed by atoms with Crippen LogP contribution in [0.15, 0.2) is 534 Å². The van der Waals surface area contributed by atoms with Crippen LogP contribution >= 0.6 is 0 Å². The van der Waals surface area contributed by atoms with Gasteiger partial charge < -0.3 is 27.4 Å². The van der Waals surface area contributed by atoms with Crippen LogP contribution in [0.25, 0.3) is 274 Å². The molecule has 0 aliphatic carbocycles. The molecule has 0 aliphatic rings. The van der Waals surface area contributed by atoms with Gasteiger partial charge in [0.15, 0.2) is 0 Å². The lowest BCUT2D eigenvalue weighted by atomic mass is 9.94. The molecule has 0 N–H and O–H groups in total. The maximum absolute atomic E-state index is 14.0. The molecule has 0 radical (unpaired) electrons. The Morgan fingerprint density at radius 2 is 0.324 bits per heavy atom. The van der Waals surface area contributed by atoms with Crippen molar-refractivity contribution >= 4 is 185 Å². The van der Waals surface area contributed by atoms with Crippen LogP contribution in [-0.2, 0) is 0 Å². The third kappa shape index (κ3) is 14.0. The summed E-state index contributed by atoms with van der Waals surface area (Å²) in [5.74, 6) is -0.559. The molecule has 0 aliphatic heterocycles. The Hall–Kier alpha value is -19.5. The first-order chi connectivity index (χ1) is 73.2. The van der Waals surface area contributed by atoms with Gasteiger partial charge in [0.05, 0.1) is 66.2 Å². The zero-order chi connectivity index (χ0) is 97.7. The highest BCUT2D eigenvalue weighted by Gasteiger charge is 2.25. The third-order valence-corrected chi connectivity index (χ3v) is 30.6. The van der Waals surface area contributed by atoms with E-state index >= 15 is 0 Å². The summed E-state index contributed by atoms with van der Waals surface area (Å²) in [6, 6.07) is 189. The molecule has 6 nitrogen and oxygen atoms in total. The van der Waals surface area contributed by atoms with Crippen molar-refractivity contribution in [2.75, 3.05) is 0 Å². The second kappa shape index (κ2) is 34.7. The SMILES string of the molecule is Fc1ccc(-c2cc(-c3ccc(F)cc3)cc(-n3c4ccccc4c4cc(-c5ccc6c(c5)c5ccccc5n6-c5ccccc5)ccc43)c2)cc1.c1ccc(-n2c3ccccc3c3cc(-c4ccc5c(c4)c4ccccc4n5-c4ccc5c(ccc6ccccc65)c4)ccc32)cc1.c1ccc(-n2c3ccccc3c3cc(-c4ccc5c(c4)c4ccccc4n5-c4ccc5c6ccccc6c6ccccc6c5c4)ccc32)cc1. The van der Waals surface area contributed by atoms with Gasteiger partial charge in [-0.05, 0) is 322 Å². The van der Waals surface area contributed by atoms with Gasteiger partial charge in [0.1, 0.15) is 11.6 Å². The van der Waals surface area contributed by atoms with Crippen LogP contribution < -0.4 is 0 Å².